The van der Waals surface area contributed by atoms with Gasteiger partial charge in [-0.15, -0.1) is 0 Å². The van der Waals surface area contributed by atoms with Crippen molar-refractivity contribution in [2.24, 2.45) is 22.7 Å². The molecule has 4 rings (SSSR count). The molecule has 3 saturated carbocycles. The van der Waals surface area contributed by atoms with E-state index in [0.717, 1.165) is 11.8 Å². The molecular weight excluding hydrogens is 220 g/mol. The van der Waals surface area contributed by atoms with Gasteiger partial charge in [0, 0.05) is 5.41 Å². The SMILES string of the molecule is CC1(C)CCC[C@@]2(C)[C@H]1CC[C@H]1CC[C@]3(C)O[C@@]123. The Kier molecular flexibility index (Phi) is 1.96. The average molecular weight is 248 g/mol. The number of hydrogen-bond donors (Lipinski definition) is 0. The zero-order valence-electron chi connectivity index (χ0n) is 12.5. The highest BCUT2D eigenvalue weighted by Crippen LogP contribution is 2.78. The fourth-order valence-corrected chi connectivity index (χ4v) is 6.91. The molecule has 0 aromatic carbocycles. The van der Waals surface area contributed by atoms with Crippen molar-refractivity contribution in [2.45, 2.75) is 83.8 Å². The lowest BCUT2D eigenvalue weighted by Gasteiger charge is -2.58. The fraction of sp³-hybridized carbons (Fsp3) is 1.00. The van der Waals surface area contributed by atoms with Gasteiger partial charge in [0.2, 0.25) is 0 Å². The Morgan fingerprint density at radius 3 is 2.39 bits per heavy atom. The molecule has 5 atom stereocenters. The summed E-state index contributed by atoms with van der Waals surface area (Å²) in [5, 5.41) is 0. The minimum absolute atomic E-state index is 0.249. The van der Waals surface area contributed by atoms with Gasteiger partial charge in [-0.25, -0.2) is 0 Å². The molecule has 4 fully saturated rings. The summed E-state index contributed by atoms with van der Waals surface area (Å²) in [6.07, 6.45) is 9.88. The molecule has 1 aliphatic heterocycles. The van der Waals surface area contributed by atoms with Crippen molar-refractivity contribution >= 4 is 0 Å². The Balaban J connectivity index is 1.81. The summed E-state index contributed by atoms with van der Waals surface area (Å²) in [6.45, 7) is 10.0. The van der Waals surface area contributed by atoms with Crippen LogP contribution in [-0.4, -0.2) is 11.2 Å². The molecule has 102 valence electrons. The van der Waals surface area contributed by atoms with Gasteiger partial charge in [-0.3, -0.25) is 0 Å². The second kappa shape index (κ2) is 3.00. The Hall–Kier alpha value is -0.0400. The third kappa shape index (κ3) is 1.03. The molecule has 1 heteroatoms. The molecule has 3 aliphatic carbocycles. The van der Waals surface area contributed by atoms with Crippen molar-refractivity contribution in [1.82, 2.24) is 0 Å². The average Bonchev–Trinajstić information content (AvgIpc) is 2.79. The van der Waals surface area contributed by atoms with Gasteiger partial charge >= 0.3 is 0 Å². The topological polar surface area (TPSA) is 12.5 Å². The lowest BCUT2D eigenvalue weighted by atomic mass is 9.45. The molecule has 0 bridgehead atoms. The standard InChI is InChI=1S/C17H28O/c1-14(2)9-5-10-15(3)13(14)7-6-12-8-11-16(4)17(12,15)18-16/h12-13H,5-11H2,1-4H3/t12-,13-,15-,16-,17-/m0/s1. The lowest BCUT2D eigenvalue weighted by molar-refractivity contribution is -0.110. The zero-order chi connectivity index (χ0) is 12.8. The Morgan fingerprint density at radius 1 is 0.889 bits per heavy atom. The Morgan fingerprint density at radius 2 is 1.67 bits per heavy atom. The van der Waals surface area contributed by atoms with Gasteiger partial charge in [-0.05, 0) is 62.7 Å². The van der Waals surface area contributed by atoms with E-state index in [-0.39, 0.29) is 11.2 Å². The zero-order valence-corrected chi connectivity index (χ0v) is 12.5. The third-order valence-corrected chi connectivity index (χ3v) is 7.56. The van der Waals surface area contributed by atoms with Crippen LogP contribution in [-0.2, 0) is 4.74 Å². The monoisotopic (exact) mass is 248 g/mol. The largest absolute Gasteiger partial charge is 0.362 e. The molecule has 1 heterocycles. The highest BCUT2D eigenvalue weighted by molar-refractivity contribution is 5.30. The van der Waals surface area contributed by atoms with Crippen LogP contribution in [0, 0.1) is 22.7 Å². The van der Waals surface area contributed by atoms with Gasteiger partial charge in [-0.1, -0.05) is 27.2 Å². The van der Waals surface area contributed by atoms with E-state index in [9.17, 15) is 0 Å². The molecule has 0 unspecified atom stereocenters. The quantitative estimate of drug-likeness (QED) is 0.573. The second-order valence-corrected chi connectivity index (χ2v) is 8.69. The maximum atomic E-state index is 6.50. The Labute approximate surface area is 112 Å². The summed E-state index contributed by atoms with van der Waals surface area (Å²) < 4.78 is 6.50. The van der Waals surface area contributed by atoms with E-state index in [0.29, 0.717) is 10.8 Å². The first-order chi connectivity index (χ1) is 8.36. The first-order valence-electron chi connectivity index (χ1n) is 8.06. The normalized spacial score (nSPS) is 60.7. The molecule has 4 aliphatic rings. The van der Waals surface area contributed by atoms with Crippen LogP contribution < -0.4 is 0 Å². The van der Waals surface area contributed by atoms with E-state index in [1.54, 1.807) is 0 Å². The Bertz CT molecular complexity index is 400. The first kappa shape index (κ1) is 11.8. The summed E-state index contributed by atoms with van der Waals surface area (Å²) in [5.41, 5.74) is 1.52. The maximum absolute atomic E-state index is 6.50. The van der Waals surface area contributed by atoms with Gasteiger partial charge in [0.15, 0.2) is 0 Å². The van der Waals surface area contributed by atoms with E-state index < -0.39 is 0 Å². The predicted molar refractivity (Wildman–Crippen MR) is 73.4 cm³/mol. The van der Waals surface area contributed by atoms with E-state index in [1.807, 2.05) is 0 Å². The number of ether oxygens (including phenoxy) is 1. The molecule has 1 spiro atoms. The van der Waals surface area contributed by atoms with Crippen LogP contribution >= 0.6 is 0 Å². The highest BCUT2D eigenvalue weighted by Gasteiger charge is 2.82. The molecule has 0 amide bonds. The number of hydrogen-bond acceptors (Lipinski definition) is 1. The summed E-state index contributed by atoms with van der Waals surface area (Å²) >= 11 is 0. The smallest absolute Gasteiger partial charge is 0.106 e. The van der Waals surface area contributed by atoms with Crippen LogP contribution in [0.2, 0.25) is 0 Å². The van der Waals surface area contributed by atoms with Crippen molar-refractivity contribution in [2.75, 3.05) is 0 Å². The van der Waals surface area contributed by atoms with Crippen molar-refractivity contribution in [3.8, 4) is 0 Å². The maximum Gasteiger partial charge on any atom is 0.106 e. The van der Waals surface area contributed by atoms with Crippen molar-refractivity contribution in [3.05, 3.63) is 0 Å². The van der Waals surface area contributed by atoms with Crippen LogP contribution in [0.1, 0.15) is 72.6 Å². The summed E-state index contributed by atoms with van der Waals surface area (Å²) in [7, 11) is 0. The highest BCUT2D eigenvalue weighted by atomic mass is 16.6. The molecule has 1 nitrogen and oxygen atoms in total. The van der Waals surface area contributed by atoms with E-state index in [2.05, 4.69) is 27.7 Å². The van der Waals surface area contributed by atoms with Gasteiger partial charge < -0.3 is 4.74 Å². The van der Waals surface area contributed by atoms with Crippen molar-refractivity contribution in [3.63, 3.8) is 0 Å². The van der Waals surface area contributed by atoms with Crippen LogP contribution in [0.25, 0.3) is 0 Å². The minimum atomic E-state index is 0.249. The molecule has 0 N–H and O–H groups in total. The molecule has 1 saturated heterocycles. The van der Waals surface area contributed by atoms with Gasteiger partial charge in [0.1, 0.15) is 5.60 Å². The molecule has 18 heavy (non-hydrogen) atoms. The van der Waals surface area contributed by atoms with Crippen LogP contribution in [0.4, 0.5) is 0 Å². The van der Waals surface area contributed by atoms with Crippen molar-refractivity contribution in [1.29, 1.82) is 0 Å². The summed E-state index contributed by atoms with van der Waals surface area (Å²) in [6, 6.07) is 0. The van der Waals surface area contributed by atoms with E-state index >= 15 is 0 Å². The molecule has 0 aromatic rings. The summed E-state index contributed by atoms with van der Waals surface area (Å²) in [5.74, 6) is 1.76. The van der Waals surface area contributed by atoms with Crippen LogP contribution in [0.3, 0.4) is 0 Å². The summed E-state index contributed by atoms with van der Waals surface area (Å²) in [4.78, 5) is 0. The lowest BCUT2D eigenvalue weighted by Crippen LogP contribution is -2.57. The van der Waals surface area contributed by atoms with E-state index in [1.165, 1.54) is 44.9 Å². The second-order valence-electron chi connectivity index (χ2n) is 8.69. The fourth-order valence-electron chi connectivity index (χ4n) is 6.91. The molecule has 0 aromatic heterocycles. The molecular formula is C17H28O. The van der Waals surface area contributed by atoms with E-state index in [4.69, 9.17) is 4.74 Å². The number of fused-ring (bicyclic) bond motifs is 1. The van der Waals surface area contributed by atoms with Gasteiger partial charge in [-0.2, -0.15) is 0 Å². The molecule has 0 radical (unpaired) electrons. The third-order valence-electron chi connectivity index (χ3n) is 7.56. The minimum Gasteiger partial charge on any atom is -0.362 e. The predicted octanol–water partition coefficient (Wildman–Crippen LogP) is 4.55. The van der Waals surface area contributed by atoms with Crippen molar-refractivity contribution < 1.29 is 4.74 Å². The van der Waals surface area contributed by atoms with Gasteiger partial charge in [0.25, 0.3) is 0 Å². The first-order valence-corrected chi connectivity index (χ1v) is 8.06. The van der Waals surface area contributed by atoms with Gasteiger partial charge in [0.05, 0.1) is 5.60 Å². The van der Waals surface area contributed by atoms with Crippen LogP contribution in [0.5, 0.6) is 0 Å². The number of rotatable bonds is 0. The van der Waals surface area contributed by atoms with Crippen LogP contribution in [0.15, 0.2) is 0 Å². The number of epoxide rings is 1.